The number of hydrogen-bond donors (Lipinski definition) is 0. The molecule has 14 heavy (non-hydrogen) atoms. The summed E-state index contributed by atoms with van der Waals surface area (Å²) in [5, 5.41) is 0. The van der Waals surface area contributed by atoms with E-state index in [-0.39, 0.29) is 40.2 Å². The molecule has 0 spiro atoms. The van der Waals surface area contributed by atoms with Gasteiger partial charge in [-0.15, -0.1) is 0 Å². The first-order chi connectivity index (χ1) is 5.97. The standard InChI is InChI=1S/C11H9N.2Ir/c1-2-6-10(7-3-1)11-8-4-5-9-12-11;;/h1-9H;;. The maximum Gasteiger partial charge on any atom is 0.0701 e. The van der Waals surface area contributed by atoms with Gasteiger partial charge in [0.25, 0.3) is 0 Å². The number of rotatable bonds is 1. The maximum atomic E-state index is 4.25. The molecule has 0 atom stereocenters. The van der Waals surface area contributed by atoms with Crippen molar-refractivity contribution >= 4 is 0 Å². The summed E-state index contributed by atoms with van der Waals surface area (Å²) < 4.78 is 0. The molecule has 0 amide bonds. The Morgan fingerprint density at radius 3 is 1.93 bits per heavy atom. The first-order valence-electron chi connectivity index (χ1n) is 3.93. The van der Waals surface area contributed by atoms with E-state index in [4.69, 9.17) is 0 Å². The molecule has 1 aromatic carbocycles. The van der Waals surface area contributed by atoms with E-state index in [0.717, 1.165) is 11.3 Å². The second-order valence-electron chi connectivity index (χ2n) is 2.58. The Hall–Kier alpha value is -0.331. The largest absolute Gasteiger partial charge is 0.256 e. The van der Waals surface area contributed by atoms with Crippen molar-refractivity contribution in [3.05, 3.63) is 54.7 Å². The quantitative estimate of drug-likeness (QED) is 0.544. The van der Waals surface area contributed by atoms with Crippen molar-refractivity contribution in [1.82, 2.24) is 4.98 Å². The van der Waals surface area contributed by atoms with Gasteiger partial charge in [0.05, 0.1) is 5.69 Å². The van der Waals surface area contributed by atoms with E-state index >= 15 is 0 Å². The van der Waals surface area contributed by atoms with Crippen LogP contribution in [-0.2, 0) is 40.2 Å². The molecule has 0 saturated carbocycles. The van der Waals surface area contributed by atoms with Crippen LogP contribution in [0, 0.1) is 0 Å². The Morgan fingerprint density at radius 2 is 1.36 bits per heavy atom. The van der Waals surface area contributed by atoms with Crippen LogP contribution in [0.5, 0.6) is 0 Å². The fraction of sp³-hybridized carbons (Fsp3) is 0. The van der Waals surface area contributed by atoms with E-state index in [1.165, 1.54) is 0 Å². The minimum absolute atomic E-state index is 0. The molecule has 0 unspecified atom stereocenters. The summed E-state index contributed by atoms with van der Waals surface area (Å²) in [6.45, 7) is 0. The zero-order valence-electron chi connectivity index (χ0n) is 7.31. The normalized spacial score (nSPS) is 8.29. The SMILES string of the molecule is [Ir].[Ir].c1ccc(-c2ccccn2)cc1. The van der Waals surface area contributed by atoms with Gasteiger partial charge in [0, 0.05) is 52.0 Å². The molecule has 0 bridgehead atoms. The Labute approximate surface area is 111 Å². The van der Waals surface area contributed by atoms with Gasteiger partial charge in [0.1, 0.15) is 0 Å². The molecule has 2 aromatic rings. The van der Waals surface area contributed by atoms with Gasteiger partial charge in [-0.25, -0.2) is 0 Å². The third-order valence-corrected chi connectivity index (χ3v) is 1.73. The fourth-order valence-corrected chi connectivity index (χ4v) is 1.14. The van der Waals surface area contributed by atoms with Crippen LogP contribution in [0.4, 0.5) is 0 Å². The number of benzene rings is 1. The Balaban J connectivity index is 0.000000845. The van der Waals surface area contributed by atoms with E-state index in [1.54, 1.807) is 0 Å². The van der Waals surface area contributed by atoms with Crippen LogP contribution < -0.4 is 0 Å². The molecule has 0 aliphatic carbocycles. The summed E-state index contributed by atoms with van der Waals surface area (Å²) in [4.78, 5) is 4.25. The topological polar surface area (TPSA) is 12.9 Å². The molecule has 0 N–H and O–H groups in total. The summed E-state index contributed by atoms with van der Waals surface area (Å²) in [7, 11) is 0. The molecule has 2 rings (SSSR count). The van der Waals surface area contributed by atoms with E-state index in [9.17, 15) is 0 Å². The van der Waals surface area contributed by atoms with Crippen molar-refractivity contribution in [1.29, 1.82) is 0 Å². The third kappa shape index (κ3) is 3.43. The number of nitrogens with zero attached hydrogens (tertiary/aromatic N) is 1. The molecular weight excluding hydrogens is 531 g/mol. The van der Waals surface area contributed by atoms with Gasteiger partial charge in [0.2, 0.25) is 0 Å². The summed E-state index contributed by atoms with van der Waals surface area (Å²) in [6.07, 6.45) is 1.81. The zero-order chi connectivity index (χ0) is 8.23. The number of hydrogen-bond acceptors (Lipinski definition) is 1. The second kappa shape index (κ2) is 7.03. The smallest absolute Gasteiger partial charge is 0.0701 e. The van der Waals surface area contributed by atoms with Crippen molar-refractivity contribution in [3.8, 4) is 11.3 Å². The molecule has 1 aromatic heterocycles. The molecule has 1 nitrogen and oxygen atoms in total. The minimum atomic E-state index is 0. The van der Waals surface area contributed by atoms with E-state index in [1.807, 2.05) is 42.6 Å². The van der Waals surface area contributed by atoms with Crippen molar-refractivity contribution in [2.75, 3.05) is 0 Å². The van der Waals surface area contributed by atoms with E-state index < -0.39 is 0 Å². The molecule has 76 valence electrons. The van der Waals surface area contributed by atoms with Gasteiger partial charge >= 0.3 is 0 Å². The summed E-state index contributed by atoms with van der Waals surface area (Å²) in [6, 6.07) is 16.1. The molecule has 3 heteroatoms. The van der Waals surface area contributed by atoms with E-state index in [0.29, 0.717) is 0 Å². The predicted molar refractivity (Wildman–Crippen MR) is 49.7 cm³/mol. The van der Waals surface area contributed by atoms with Crippen LogP contribution in [0.3, 0.4) is 0 Å². The summed E-state index contributed by atoms with van der Waals surface area (Å²) in [5.74, 6) is 0. The van der Waals surface area contributed by atoms with Crippen molar-refractivity contribution in [3.63, 3.8) is 0 Å². The fourth-order valence-electron chi connectivity index (χ4n) is 1.14. The van der Waals surface area contributed by atoms with Crippen molar-refractivity contribution in [2.45, 2.75) is 0 Å². The maximum absolute atomic E-state index is 4.25. The van der Waals surface area contributed by atoms with Crippen LogP contribution >= 0.6 is 0 Å². The van der Waals surface area contributed by atoms with Crippen LogP contribution in [0.2, 0.25) is 0 Å². The van der Waals surface area contributed by atoms with Gasteiger partial charge < -0.3 is 0 Å². The second-order valence-corrected chi connectivity index (χ2v) is 2.58. The third-order valence-electron chi connectivity index (χ3n) is 1.73. The first kappa shape index (κ1) is 13.7. The van der Waals surface area contributed by atoms with Gasteiger partial charge in [-0.2, -0.15) is 0 Å². The monoisotopic (exact) mass is 541 g/mol. The molecular formula is C11H9Ir2N. The summed E-state index contributed by atoms with van der Waals surface area (Å²) >= 11 is 0. The van der Waals surface area contributed by atoms with Crippen LogP contribution in [-0.4, -0.2) is 4.98 Å². The van der Waals surface area contributed by atoms with Gasteiger partial charge in [-0.3, -0.25) is 4.98 Å². The molecule has 0 aliphatic rings. The van der Waals surface area contributed by atoms with Gasteiger partial charge in [-0.05, 0) is 12.1 Å². The molecule has 1 heterocycles. The average molecular weight is 540 g/mol. The molecule has 0 aliphatic heterocycles. The number of aromatic nitrogens is 1. The Morgan fingerprint density at radius 1 is 0.714 bits per heavy atom. The minimum Gasteiger partial charge on any atom is -0.256 e. The van der Waals surface area contributed by atoms with Crippen LogP contribution in [0.15, 0.2) is 54.7 Å². The molecule has 0 saturated heterocycles. The summed E-state index contributed by atoms with van der Waals surface area (Å²) in [5.41, 5.74) is 2.19. The van der Waals surface area contributed by atoms with Crippen molar-refractivity contribution in [2.24, 2.45) is 0 Å². The zero-order valence-corrected chi connectivity index (χ0v) is 12.1. The van der Waals surface area contributed by atoms with Crippen molar-refractivity contribution < 1.29 is 40.2 Å². The van der Waals surface area contributed by atoms with Crippen LogP contribution in [0.25, 0.3) is 11.3 Å². The Kier molecular flexibility index (Phi) is 6.86. The Bertz CT molecular complexity index is 311. The number of pyridine rings is 1. The average Bonchev–Trinajstić information content (AvgIpc) is 2.21. The van der Waals surface area contributed by atoms with E-state index in [2.05, 4.69) is 17.1 Å². The molecule has 0 fully saturated rings. The van der Waals surface area contributed by atoms with Crippen LogP contribution in [0.1, 0.15) is 0 Å². The van der Waals surface area contributed by atoms with Gasteiger partial charge in [0.15, 0.2) is 0 Å². The molecule has 2 radical (unpaired) electrons. The first-order valence-corrected chi connectivity index (χ1v) is 3.93. The predicted octanol–water partition coefficient (Wildman–Crippen LogP) is 2.74. The van der Waals surface area contributed by atoms with Gasteiger partial charge in [-0.1, -0.05) is 36.4 Å².